The van der Waals surface area contributed by atoms with Crippen molar-refractivity contribution in [3.8, 4) is 0 Å². The summed E-state index contributed by atoms with van der Waals surface area (Å²) in [4.78, 5) is 14.9. The lowest BCUT2D eigenvalue weighted by atomic mass is 10.0. The van der Waals surface area contributed by atoms with Gasteiger partial charge >= 0.3 is 0 Å². The van der Waals surface area contributed by atoms with Crippen LogP contribution in [-0.4, -0.2) is 32.8 Å². The van der Waals surface area contributed by atoms with Gasteiger partial charge in [0.25, 0.3) is 0 Å². The lowest BCUT2D eigenvalue weighted by molar-refractivity contribution is -0.127. The molecular formula is C20H24N4OS2. The van der Waals surface area contributed by atoms with Gasteiger partial charge in [-0.15, -0.1) is 10.2 Å². The van der Waals surface area contributed by atoms with Crippen LogP contribution in [0.15, 0.2) is 46.4 Å². The minimum Gasteiger partial charge on any atom is -0.356 e. The Morgan fingerprint density at radius 3 is 2.81 bits per heavy atom. The number of aromatic nitrogens is 2. The van der Waals surface area contributed by atoms with E-state index in [1.165, 1.54) is 47.2 Å². The number of hydrogen-bond acceptors (Lipinski definition) is 6. The zero-order valence-electron chi connectivity index (χ0n) is 15.3. The zero-order valence-corrected chi connectivity index (χ0v) is 16.9. The van der Waals surface area contributed by atoms with Crippen molar-refractivity contribution < 1.29 is 4.79 Å². The van der Waals surface area contributed by atoms with Crippen LogP contribution in [0.1, 0.15) is 44.1 Å². The van der Waals surface area contributed by atoms with E-state index in [1.54, 1.807) is 0 Å². The van der Waals surface area contributed by atoms with E-state index in [2.05, 4.69) is 38.6 Å². The molecule has 1 aromatic heterocycles. The fourth-order valence-corrected chi connectivity index (χ4v) is 4.88. The molecule has 2 aromatic rings. The predicted octanol–water partition coefficient (Wildman–Crippen LogP) is 4.69. The Labute approximate surface area is 168 Å². The number of hydrogen-bond donors (Lipinski definition) is 1. The number of carbonyl (C=O) groups excluding carboxylic acids is 1. The minimum atomic E-state index is 0.213. The summed E-state index contributed by atoms with van der Waals surface area (Å²) in [6, 6.07) is 10.6. The number of nitrogens with one attached hydrogen (secondary N) is 1. The first-order valence-corrected chi connectivity index (χ1v) is 11.3. The Bertz CT molecular complexity index is 801. The number of carbonyl (C=O) groups is 1. The first kappa shape index (κ1) is 18.5. The Kier molecular flexibility index (Phi) is 6.09. The van der Waals surface area contributed by atoms with Gasteiger partial charge < -0.3 is 10.2 Å². The van der Waals surface area contributed by atoms with Crippen LogP contribution in [0.25, 0.3) is 0 Å². The van der Waals surface area contributed by atoms with Crippen molar-refractivity contribution in [3.63, 3.8) is 0 Å². The number of benzene rings is 1. The average Bonchev–Trinajstić information content (AvgIpc) is 3.44. The van der Waals surface area contributed by atoms with Gasteiger partial charge in [0.2, 0.25) is 11.0 Å². The molecule has 27 heavy (non-hydrogen) atoms. The summed E-state index contributed by atoms with van der Waals surface area (Å²) in [6.07, 6.45) is 9.13. The molecule has 1 aromatic carbocycles. The quantitative estimate of drug-likeness (QED) is 0.652. The van der Waals surface area contributed by atoms with Gasteiger partial charge in [0.15, 0.2) is 4.34 Å². The van der Waals surface area contributed by atoms with Crippen molar-refractivity contribution >= 4 is 34.1 Å². The van der Waals surface area contributed by atoms with Gasteiger partial charge in [-0.2, -0.15) is 0 Å². The molecule has 5 nitrogen and oxygen atoms in total. The second kappa shape index (κ2) is 8.89. The van der Waals surface area contributed by atoms with Gasteiger partial charge in [-0.05, 0) is 44.1 Å². The van der Waals surface area contributed by atoms with Crippen molar-refractivity contribution in [2.24, 2.45) is 0 Å². The molecule has 1 fully saturated rings. The molecule has 0 bridgehead atoms. The van der Waals surface area contributed by atoms with Gasteiger partial charge in [0.1, 0.15) is 0 Å². The maximum Gasteiger partial charge on any atom is 0.237 e. The predicted molar refractivity (Wildman–Crippen MR) is 111 cm³/mol. The van der Waals surface area contributed by atoms with Gasteiger partial charge in [0, 0.05) is 18.3 Å². The summed E-state index contributed by atoms with van der Waals surface area (Å²) >= 11 is 3.00. The minimum absolute atomic E-state index is 0.213. The molecule has 1 N–H and O–H groups in total. The molecule has 0 atom stereocenters. The van der Waals surface area contributed by atoms with E-state index < -0.39 is 0 Å². The van der Waals surface area contributed by atoms with Crippen molar-refractivity contribution in [1.29, 1.82) is 0 Å². The van der Waals surface area contributed by atoms with Gasteiger partial charge in [-0.25, -0.2) is 0 Å². The third kappa shape index (κ3) is 5.11. The zero-order chi connectivity index (χ0) is 18.5. The molecule has 2 aliphatic rings. The molecule has 7 heteroatoms. The lowest BCUT2D eigenvalue weighted by Gasteiger charge is -2.27. The van der Waals surface area contributed by atoms with Crippen LogP contribution in [0.3, 0.4) is 0 Å². The van der Waals surface area contributed by atoms with E-state index in [1.807, 2.05) is 18.2 Å². The lowest BCUT2D eigenvalue weighted by Crippen LogP contribution is -2.34. The van der Waals surface area contributed by atoms with E-state index in [9.17, 15) is 4.79 Å². The van der Waals surface area contributed by atoms with E-state index in [0.29, 0.717) is 11.8 Å². The number of thioether (sulfide) groups is 1. The van der Waals surface area contributed by atoms with Crippen LogP contribution < -0.4 is 5.32 Å². The Balaban J connectivity index is 1.30. The smallest absolute Gasteiger partial charge is 0.237 e. The molecule has 0 saturated heterocycles. The highest BCUT2D eigenvalue weighted by molar-refractivity contribution is 8.01. The van der Waals surface area contributed by atoms with Crippen molar-refractivity contribution in [2.45, 2.75) is 55.5 Å². The summed E-state index contributed by atoms with van der Waals surface area (Å²) in [6.45, 7) is 0.725. The molecule has 1 amide bonds. The van der Waals surface area contributed by atoms with Crippen LogP contribution in [0, 0.1) is 0 Å². The Hall–Kier alpha value is -1.86. The van der Waals surface area contributed by atoms with Crippen LogP contribution in [-0.2, 0) is 11.3 Å². The number of anilines is 1. The van der Waals surface area contributed by atoms with E-state index in [4.69, 9.17) is 0 Å². The summed E-state index contributed by atoms with van der Waals surface area (Å²) in [5.41, 5.74) is 2.45. The van der Waals surface area contributed by atoms with Crippen LogP contribution in [0.2, 0.25) is 0 Å². The van der Waals surface area contributed by atoms with Crippen LogP contribution in [0.4, 0.5) is 5.13 Å². The first-order valence-electron chi connectivity index (χ1n) is 9.55. The molecule has 2 aliphatic carbocycles. The number of allylic oxidation sites excluding steroid dienone is 2. The summed E-state index contributed by atoms with van der Waals surface area (Å²) < 4.78 is 0.840. The first-order chi connectivity index (χ1) is 13.3. The molecule has 0 spiro atoms. The number of amides is 1. The molecule has 142 valence electrons. The van der Waals surface area contributed by atoms with Crippen LogP contribution in [0.5, 0.6) is 0 Å². The van der Waals surface area contributed by atoms with E-state index in [0.717, 1.165) is 41.7 Å². The largest absolute Gasteiger partial charge is 0.356 e. The van der Waals surface area contributed by atoms with E-state index >= 15 is 0 Å². The molecule has 0 aliphatic heterocycles. The van der Waals surface area contributed by atoms with Gasteiger partial charge in [-0.1, -0.05) is 59.5 Å². The molecular weight excluding hydrogens is 376 g/mol. The highest BCUT2D eigenvalue weighted by Crippen LogP contribution is 2.35. The topological polar surface area (TPSA) is 58.1 Å². The maximum absolute atomic E-state index is 12.8. The van der Waals surface area contributed by atoms with Gasteiger partial charge in [-0.3, -0.25) is 4.79 Å². The molecule has 1 heterocycles. The Morgan fingerprint density at radius 2 is 2.07 bits per heavy atom. The van der Waals surface area contributed by atoms with Crippen molar-refractivity contribution in [2.75, 3.05) is 11.1 Å². The summed E-state index contributed by atoms with van der Waals surface area (Å²) in [5, 5.41) is 12.5. The van der Waals surface area contributed by atoms with Crippen molar-refractivity contribution in [3.05, 3.63) is 47.7 Å². The SMILES string of the molecule is O=C(CSc1nnc(NCc2ccccc2)s1)N(C1=CCCCC1)C1CC1. The van der Waals surface area contributed by atoms with Gasteiger partial charge in [0.05, 0.1) is 5.75 Å². The second-order valence-corrected chi connectivity index (χ2v) is 9.14. The molecule has 1 saturated carbocycles. The molecule has 4 rings (SSSR count). The Morgan fingerprint density at radius 1 is 1.22 bits per heavy atom. The number of nitrogens with zero attached hydrogens (tertiary/aromatic N) is 3. The average molecular weight is 401 g/mol. The molecule has 0 unspecified atom stereocenters. The fraction of sp³-hybridized carbons (Fsp3) is 0.450. The normalized spacial score (nSPS) is 16.7. The number of rotatable bonds is 8. The standard InChI is InChI=1S/C20H24N4OS2/c25-18(24(17-11-12-17)16-9-5-2-6-10-16)14-26-20-23-22-19(27-20)21-13-15-7-3-1-4-8-15/h1,3-4,7-9,17H,2,5-6,10-14H2,(H,21,22). The second-order valence-electron chi connectivity index (χ2n) is 6.94. The maximum atomic E-state index is 12.8. The van der Waals surface area contributed by atoms with Crippen LogP contribution >= 0.6 is 23.1 Å². The summed E-state index contributed by atoms with van der Waals surface area (Å²) in [5.74, 6) is 0.644. The third-order valence-electron chi connectivity index (χ3n) is 4.77. The highest BCUT2D eigenvalue weighted by atomic mass is 32.2. The fourth-order valence-electron chi connectivity index (χ4n) is 3.28. The molecule has 0 radical (unpaired) electrons. The summed E-state index contributed by atoms with van der Waals surface area (Å²) in [7, 11) is 0. The highest BCUT2D eigenvalue weighted by Gasteiger charge is 2.34. The monoisotopic (exact) mass is 400 g/mol. The van der Waals surface area contributed by atoms with Crippen molar-refractivity contribution in [1.82, 2.24) is 15.1 Å². The van der Waals surface area contributed by atoms with E-state index in [-0.39, 0.29) is 5.91 Å². The third-order valence-corrected chi connectivity index (χ3v) is 6.77.